The molecule has 2 rings (SSSR count). The highest BCUT2D eigenvalue weighted by molar-refractivity contribution is 5.74. The van der Waals surface area contributed by atoms with Gasteiger partial charge in [0.15, 0.2) is 0 Å². The summed E-state index contributed by atoms with van der Waals surface area (Å²) < 4.78 is 0. The zero-order chi connectivity index (χ0) is 21.6. The van der Waals surface area contributed by atoms with Crippen molar-refractivity contribution < 1.29 is 9.59 Å². The minimum absolute atomic E-state index is 0.0203. The fourth-order valence-corrected chi connectivity index (χ4v) is 3.15. The molecule has 0 bridgehead atoms. The number of carbonyl (C=O) groups excluding carboxylic acids is 2. The summed E-state index contributed by atoms with van der Waals surface area (Å²) in [4.78, 5) is 23.9. The van der Waals surface area contributed by atoms with E-state index in [2.05, 4.69) is 21.3 Å². The van der Waals surface area contributed by atoms with E-state index in [0.29, 0.717) is 13.1 Å². The molecule has 4 amide bonds. The van der Waals surface area contributed by atoms with Crippen LogP contribution in [-0.4, -0.2) is 25.2 Å². The Kier molecular flexibility index (Phi) is 10.3. The Hall–Kier alpha value is -3.02. The summed E-state index contributed by atoms with van der Waals surface area (Å²) in [7, 11) is 0. The number of carbonyl (C=O) groups is 2. The van der Waals surface area contributed by atoms with E-state index in [0.717, 1.165) is 36.8 Å². The van der Waals surface area contributed by atoms with Gasteiger partial charge in [-0.25, -0.2) is 9.59 Å². The summed E-state index contributed by atoms with van der Waals surface area (Å²) in [5, 5.41) is 11.7. The number of hydrogen-bond donors (Lipinski definition) is 4. The van der Waals surface area contributed by atoms with E-state index in [1.165, 1.54) is 0 Å². The second-order valence-electron chi connectivity index (χ2n) is 7.48. The Morgan fingerprint density at radius 1 is 0.633 bits per heavy atom. The number of rotatable bonds is 11. The summed E-state index contributed by atoms with van der Waals surface area (Å²) >= 11 is 0. The summed E-state index contributed by atoms with van der Waals surface area (Å²) in [5.41, 5.74) is 2.17. The highest BCUT2D eigenvalue weighted by atomic mass is 16.2. The number of unbranched alkanes of at least 4 members (excludes halogenated alkanes) is 3. The van der Waals surface area contributed by atoms with Crippen LogP contribution in [0, 0.1) is 0 Å². The van der Waals surface area contributed by atoms with Gasteiger partial charge in [0.2, 0.25) is 0 Å². The molecule has 4 N–H and O–H groups in total. The van der Waals surface area contributed by atoms with Crippen molar-refractivity contribution >= 4 is 12.1 Å². The second kappa shape index (κ2) is 13.2. The van der Waals surface area contributed by atoms with E-state index in [4.69, 9.17) is 0 Å². The molecule has 0 aromatic heterocycles. The SMILES string of the molecule is C[C@H](NC(=O)NCCCCCCNC(=O)N[C@H](C)c1ccccc1)c1ccccc1. The minimum atomic E-state index is -0.141. The number of amides is 4. The van der Waals surface area contributed by atoms with Crippen LogP contribution in [0.4, 0.5) is 9.59 Å². The van der Waals surface area contributed by atoms with Crippen LogP contribution in [0.2, 0.25) is 0 Å². The highest BCUT2D eigenvalue weighted by Gasteiger charge is 2.09. The maximum Gasteiger partial charge on any atom is 0.315 e. The Labute approximate surface area is 179 Å². The first-order valence-corrected chi connectivity index (χ1v) is 10.7. The second-order valence-corrected chi connectivity index (χ2v) is 7.48. The van der Waals surface area contributed by atoms with Gasteiger partial charge in [0, 0.05) is 13.1 Å². The molecule has 0 spiro atoms. The molecule has 0 saturated heterocycles. The van der Waals surface area contributed by atoms with Crippen molar-refractivity contribution in [2.45, 2.75) is 51.6 Å². The summed E-state index contributed by atoms with van der Waals surface area (Å²) in [5.74, 6) is 0. The zero-order valence-electron chi connectivity index (χ0n) is 18.0. The van der Waals surface area contributed by atoms with E-state index in [1.54, 1.807) is 0 Å². The maximum atomic E-state index is 12.0. The van der Waals surface area contributed by atoms with E-state index >= 15 is 0 Å². The smallest absolute Gasteiger partial charge is 0.315 e. The fourth-order valence-electron chi connectivity index (χ4n) is 3.15. The molecule has 6 nitrogen and oxygen atoms in total. The molecule has 0 radical (unpaired) electrons. The molecule has 0 unspecified atom stereocenters. The first-order valence-electron chi connectivity index (χ1n) is 10.7. The average Bonchev–Trinajstić information content (AvgIpc) is 2.76. The van der Waals surface area contributed by atoms with Crippen LogP contribution in [0.1, 0.15) is 62.7 Å². The van der Waals surface area contributed by atoms with Gasteiger partial charge in [-0.2, -0.15) is 0 Å². The fraction of sp³-hybridized carbons (Fsp3) is 0.417. The molecular weight excluding hydrogens is 376 g/mol. The molecule has 2 aromatic carbocycles. The summed E-state index contributed by atoms with van der Waals surface area (Å²) in [6, 6.07) is 19.5. The number of hydrogen-bond acceptors (Lipinski definition) is 2. The quantitative estimate of drug-likeness (QED) is 0.406. The largest absolute Gasteiger partial charge is 0.338 e. The topological polar surface area (TPSA) is 82.3 Å². The lowest BCUT2D eigenvalue weighted by atomic mass is 10.1. The van der Waals surface area contributed by atoms with Gasteiger partial charge in [0.1, 0.15) is 0 Å². The van der Waals surface area contributed by atoms with Crippen LogP contribution in [0.15, 0.2) is 60.7 Å². The third-order valence-electron chi connectivity index (χ3n) is 4.97. The molecule has 0 heterocycles. The third-order valence-corrected chi connectivity index (χ3v) is 4.97. The molecule has 0 aliphatic carbocycles. The molecule has 0 aliphatic rings. The summed E-state index contributed by atoms with van der Waals surface area (Å²) in [6.45, 7) is 5.24. The van der Waals surface area contributed by atoms with Gasteiger partial charge in [-0.05, 0) is 37.8 Å². The van der Waals surface area contributed by atoms with Gasteiger partial charge < -0.3 is 21.3 Å². The lowest BCUT2D eigenvalue weighted by molar-refractivity contribution is 0.236. The van der Waals surface area contributed by atoms with Gasteiger partial charge in [-0.1, -0.05) is 73.5 Å². The average molecular weight is 411 g/mol. The van der Waals surface area contributed by atoms with Gasteiger partial charge in [0.05, 0.1) is 12.1 Å². The standard InChI is InChI=1S/C24H34N4O2/c1-19(21-13-7-5-8-14-21)27-23(29)25-17-11-3-4-12-18-26-24(30)28-20(2)22-15-9-6-10-16-22/h5-10,13-16,19-20H,3-4,11-12,17-18H2,1-2H3,(H2,25,27,29)(H2,26,28,30)/t19-,20+. The van der Waals surface area contributed by atoms with Crippen molar-refractivity contribution in [2.75, 3.05) is 13.1 Å². The van der Waals surface area contributed by atoms with Gasteiger partial charge in [-0.15, -0.1) is 0 Å². The highest BCUT2D eigenvalue weighted by Crippen LogP contribution is 2.11. The third kappa shape index (κ3) is 8.99. The van der Waals surface area contributed by atoms with Crippen LogP contribution in [0.25, 0.3) is 0 Å². The Morgan fingerprint density at radius 3 is 1.37 bits per heavy atom. The zero-order valence-corrected chi connectivity index (χ0v) is 18.0. The van der Waals surface area contributed by atoms with Crippen LogP contribution in [0.3, 0.4) is 0 Å². The monoisotopic (exact) mass is 410 g/mol. The van der Waals surface area contributed by atoms with Gasteiger partial charge >= 0.3 is 12.1 Å². The first kappa shape index (κ1) is 23.3. The van der Waals surface area contributed by atoms with Crippen LogP contribution in [-0.2, 0) is 0 Å². The van der Waals surface area contributed by atoms with E-state index in [1.807, 2.05) is 74.5 Å². The Bertz CT molecular complexity index is 687. The minimum Gasteiger partial charge on any atom is -0.338 e. The van der Waals surface area contributed by atoms with E-state index < -0.39 is 0 Å². The molecular formula is C24H34N4O2. The normalized spacial score (nSPS) is 12.5. The molecule has 30 heavy (non-hydrogen) atoms. The van der Waals surface area contributed by atoms with Crippen molar-refractivity contribution in [3.63, 3.8) is 0 Å². The van der Waals surface area contributed by atoms with Crippen molar-refractivity contribution in [3.05, 3.63) is 71.8 Å². The molecule has 0 fully saturated rings. The molecule has 2 atom stereocenters. The van der Waals surface area contributed by atoms with Crippen LogP contribution in [0.5, 0.6) is 0 Å². The van der Waals surface area contributed by atoms with Crippen molar-refractivity contribution in [1.29, 1.82) is 0 Å². The molecule has 162 valence electrons. The van der Waals surface area contributed by atoms with E-state index in [9.17, 15) is 9.59 Å². The number of benzene rings is 2. The van der Waals surface area contributed by atoms with Crippen molar-refractivity contribution in [2.24, 2.45) is 0 Å². The van der Waals surface area contributed by atoms with Crippen LogP contribution < -0.4 is 21.3 Å². The van der Waals surface area contributed by atoms with Gasteiger partial charge in [0.25, 0.3) is 0 Å². The first-order chi connectivity index (χ1) is 14.6. The van der Waals surface area contributed by atoms with Crippen LogP contribution >= 0.6 is 0 Å². The Morgan fingerprint density at radius 2 is 1.00 bits per heavy atom. The number of nitrogens with one attached hydrogen (secondary N) is 4. The molecule has 0 aliphatic heterocycles. The molecule has 6 heteroatoms. The van der Waals surface area contributed by atoms with E-state index in [-0.39, 0.29) is 24.1 Å². The number of urea groups is 2. The Balaban J connectivity index is 1.46. The van der Waals surface area contributed by atoms with Crippen molar-refractivity contribution in [3.8, 4) is 0 Å². The predicted octanol–water partition coefficient (Wildman–Crippen LogP) is 4.67. The lowest BCUT2D eigenvalue weighted by Crippen LogP contribution is -2.37. The maximum absolute atomic E-state index is 12.0. The lowest BCUT2D eigenvalue weighted by Gasteiger charge is -2.15. The van der Waals surface area contributed by atoms with Crippen molar-refractivity contribution in [1.82, 2.24) is 21.3 Å². The molecule has 2 aromatic rings. The molecule has 0 saturated carbocycles. The van der Waals surface area contributed by atoms with Gasteiger partial charge in [-0.3, -0.25) is 0 Å². The predicted molar refractivity (Wildman–Crippen MR) is 121 cm³/mol. The summed E-state index contributed by atoms with van der Waals surface area (Å²) in [6.07, 6.45) is 3.87.